The summed E-state index contributed by atoms with van der Waals surface area (Å²) < 4.78 is 29.2. The number of aromatic nitrogens is 1. The average Bonchev–Trinajstić information content (AvgIpc) is 3.39. The van der Waals surface area contributed by atoms with Crippen LogP contribution in [-0.4, -0.2) is 36.3 Å². The molecule has 0 bridgehead atoms. The van der Waals surface area contributed by atoms with E-state index in [2.05, 4.69) is 5.32 Å². The number of nitrogens with zero attached hydrogens (tertiary/aromatic N) is 2. The largest absolute Gasteiger partial charge is 0.352 e. The highest BCUT2D eigenvalue weighted by Crippen LogP contribution is 2.26. The van der Waals surface area contributed by atoms with Crippen LogP contribution in [0, 0.1) is 0 Å². The summed E-state index contributed by atoms with van der Waals surface area (Å²) in [5.41, 5.74) is 1.46. The molecular weight excluding hydrogens is 458 g/mol. The van der Waals surface area contributed by atoms with Gasteiger partial charge in [0.2, 0.25) is 15.9 Å². The lowest BCUT2D eigenvalue weighted by atomic mass is 10.2. The Morgan fingerprint density at radius 2 is 1.87 bits per heavy atom. The number of carbonyl (C=O) groups is 1. The second-order valence-corrected chi connectivity index (χ2v) is 10.7. The fraction of sp³-hybridized carbons (Fsp3) is 0.333. The number of benzene rings is 2. The maximum Gasteiger partial charge on any atom is 0.308 e. The molecule has 31 heavy (non-hydrogen) atoms. The van der Waals surface area contributed by atoms with E-state index in [0.717, 1.165) is 29.7 Å². The van der Waals surface area contributed by atoms with Gasteiger partial charge in [-0.1, -0.05) is 41.1 Å². The van der Waals surface area contributed by atoms with Crippen LogP contribution in [0.3, 0.4) is 0 Å². The molecule has 1 aromatic heterocycles. The van der Waals surface area contributed by atoms with Crippen molar-refractivity contribution in [3.63, 3.8) is 0 Å². The summed E-state index contributed by atoms with van der Waals surface area (Å²) in [6.45, 7) is 1.59. The summed E-state index contributed by atoms with van der Waals surface area (Å²) in [6.07, 6.45) is 1.86. The predicted molar refractivity (Wildman–Crippen MR) is 122 cm³/mol. The number of aryl methyl sites for hydroxylation is 1. The molecule has 0 unspecified atom stereocenters. The third-order valence-corrected chi connectivity index (χ3v) is 8.54. The van der Waals surface area contributed by atoms with Crippen LogP contribution in [0.1, 0.15) is 24.8 Å². The third-order valence-electron chi connectivity index (χ3n) is 5.34. The van der Waals surface area contributed by atoms with E-state index in [-0.39, 0.29) is 28.6 Å². The zero-order chi connectivity index (χ0) is 22.0. The number of carbonyl (C=O) groups excluding carboxylic acids is 1. The van der Waals surface area contributed by atoms with Crippen LogP contribution in [0.25, 0.3) is 10.2 Å². The van der Waals surface area contributed by atoms with Gasteiger partial charge < -0.3 is 5.32 Å². The second kappa shape index (κ2) is 9.12. The minimum Gasteiger partial charge on any atom is -0.352 e. The van der Waals surface area contributed by atoms with E-state index in [1.54, 1.807) is 18.2 Å². The number of thiazole rings is 1. The number of amides is 1. The molecular formula is C21H22ClN3O4S2. The molecule has 1 fully saturated rings. The van der Waals surface area contributed by atoms with Gasteiger partial charge in [-0.05, 0) is 42.7 Å². The molecule has 1 amide bonds. The highest BCUT2D eigenvalue weighted by atomic mass is 35.5. The highest BCUT2D eigenvalue weighted by molar-refractivity contribution is 7.89. The molecule has 1 saturated heterocycles. The van der Waals surface area contributed by atoms with Gasteiger partial charge >= 0.3 is 4.87 Å². The van der Waals surface area contributed by atoms with Crippen LogP contribution in [0.15, 0.2) is 52.2 Å². The smallest absolute Gasteiger partial charge is 0.308 e. The molecule has 164 valence electrons. The SMILES string of the molecule is O=C(CCn1c(=O)sc2cc(S(=O)(=O)N3CCCC3)ccc21)NCc1ccccc1Cl. The molecule has 0 spiro atoms. The van der Waals surface area contributed by atoms with Gasteiger partial charge in [0.25, 0.3) is 0 Å². The van der Waals surface area contributed by atoms with E-state index >= 15 is 0 Å². The fourth-order valence-electron chi connectivity index (χ4n) is 3.63. The third kappa shape index (κ3) is 4.69. The number of nitrogens with one attached hydrogen (secondary N) is 1. The van der Waals surface area contributed by atoms with Crippen molar-refractivity contribution in [2.45, 2.75) is 37.2 Å². The topological polar surface area (TPSA) is 88.5 Å². The molecule has 0 saturated carbocycles. The number of fused-ring (bicyclic) bond motifs is 1. The first-order valence-electron chi connectivity index (χ1n) is 10.00. The van der Waals surface area contributed by atoms with Crippen LogP contribution in [0.2, 0.25) is 5.02 Å². The summed E-state index contributed by atoms with van der Waals surface area (Å²) in [5.74, 6) is -0.195. The average molecular weight is 480 g/mol. The summed E-state index contributed by atoms with van der Waals surface area (Å²) in [4.78, 5) is 24.7. The lowest BCUT2D eigenvalue weighted by Crippen LogP contribution is -2.27. The summed E-state index contributed by atoms with van der Waals surface area (Å²) in [7, 11) is -3.54. The Labute approximate surface area is 189 Å². The Hall–Kier alpha value is -2.20. The van der Waals surface area contributed by atoms with Gasteiger partial charge in [-0.3, -0.25) is 14.2 Å². The quantitative estimate of drug-likeness (QED) is 0.563. The number of hydrogen-bond donors (Lipinski definition) is 1. The van der Waals surface area contributed by atoms with Gasteiger partial charge in [0.05, 0.1) is 15.1 Å². The highest BCUT2D eigenvalue weighted by Gasteiger charge is 2.27. The first kappa shape index (κ1) is 22.0. The van der Waals surface area contributed by atoms with Crippen LogP contribution < -0.4 is 10.2 Å². The minimum atomic E-state index is -3.54. The zero-order valence-corrected chi connectivity index (χ0v) is 19.1. The van der Waals surface area contributed by atoms with Crippen molar-refractivity contribution in [2.24, 2.45) is 0 Å². The van der Waals surface area contributed by atoms with E-state index in [4.69, 9.17) is 11.6 Å². The molecule has 1 aliphatic heterocycles. The molecule has 10 heteroatoms. The molecule has 0 aliphatic carbocycles. The number of halogens is 1. The number of sulfonamides is 1. The van der Waals surface area contributed by atoms with E-state index in [0.29, 0.717) is 34.9 Å². The molecule has 0 atom stereocenters. The normalized spacial score (nSPS) is 14.9. The van der Waals surface area contributed by atoms with Crippen LogP contribution in [0.5, 0.6) is 0 Å². The first-order chi connectivity index (χ1) is 14.9. The minimum absolute atomic E-state index is 0.129. The van der Waals surface area contributed by atoms with Crippen molar-refractivity contribution in [2.75, 3.05) is 13.1 Å². The molecule has 2 aromatic carbocycles. The maximum absolute atomic E-state index is 12.8. The summed E-state index contributed by atoms with van der Waals surface area (Å²) in [6, 6.07) is 12.0. The zero-order valence-electron chi connectivity index (χ0n) is 16.7. The summed E-state index contributed by atoms with van der Waals surface area (Å²) >= 11 is 7.09. The van der Waals surface area contributed by atoms with Crippen molar-refractivity contribution < 1.29 is 13.2 Å². The number of hydrogen-bond acceptors (Lipinski definition) is 5. The Morgan fingerprint density at radius 1 is 1.13 bits per heavy atom. The molecule has 2 heterocycles. The van der Waals surface area contributed by atoms with Crippen molar-refractivity contribution in [3.05, 3.63) is 62.7 Å². The first-order valence-corrected chi connectivity index (χ1v) is 12.6. The molecule has 3 aromatic rings. The van der Waals surface area contributed by atoms with Crippen molar-refractivity contribution in [3.8, 4) is 0 Å². The van der Waals surface area contributed by atoms with Crippen LogP contribution in [0.4, 0.5) is 0 Å². The number of rotatable bonds is 7. The molecule has 0 radical (unpaired) electrons. The Balaban J connectivity index is 1.46. The summed E-state index contributed by atoms with van der Waals surface area (Å²) in [5, 5.41) is 3.40. The molecule has 4 rings (SSSR count). The molecule has 1 N–H and O–H groups in total. The van der Waals surface area contributed by atoms with Gasteiger partial charge in [-0.25, -0.2) is 8.42 Å². The van der Waals surface area contributed by atoms with Gasteiger partial charge in [0.1, 0.15) is 0 Å². The molecule has 1 aliphatic rings. The van der Waals surface area contributed by atoms with E-state index in [1.807, 2.05) is 18.2 Å². The predicted octanol–water partition coefficient (Wildman–Crippen LogP) is 3.21. The van der Waals surface area contributed by atoms with Gasteiger partial charge in [-0.2, -0.15) is 4.31 Å². The maximum atomic E-state index is 12.8. The van der Waals surface area contributed by atoms with Gasteiger partial charge in [-0.15, -0.1) is 0 Å². The second-order valence-electron chi connectivity index (χ2n) is 7.38. The Kier molecular flexibility index (Phi) is 6.47. The van der Waals surface area contributed by atoms with E-state index < -0.39 is 10.0 Å². The van der Waals surface area contributed by atoms with Crippen molar-refractivity contribution in [1.82, 2.24) is 14.2 Å². The van der Waals surface area contributed by atoms with Crippen LogP contribution in [-0.2, 0) is 27.9 Å². The molecule has 7 nitrogen and oxygen atoms in total. The van der Waals surface area contributed by atoms with Gasteiger partial charge in [0.15, 0.2) is 0 Å². The van der Waals surface area contributed by atoms with E-state index in [1.165, 1.54) is 14.9 Å². The van der Waals surface area contributed by atoms with Crippen molar-refractivity contribution in [1.29, 1.82) is 0 Å². The van der Waals surface area contributed by atoms with Gasteiger partial charge in [0, 0.05) is 37.6 Å². The Morgan fingerprint density at radius 3 is 2.61 bits per heavy atom. The fourth-order valence-corrected chi connectivity index (χ4v) is 6.41. The standard InChI is InChI=1S/C21H22ClN3O4S2/c22-17-6-2-1-5-15(17)14-23-20(26)9-12-25-18-8-7-16(13-19(18)30-21(25)27)31(28,29)24-10-3-4-11-24/h1-2,5-8,13H,3-4,9-12,14H2,(H,23,26). The lowest BCUT2D eigenvalue weighted by Gasteiger charge is -2.15. The lowest BCUT2D eigenvalue weighted by molar-refractivity contribution is -0.121. The van der Waals surface area contributed by atoms with Crippen LogP contribution >= 0.6 is 22.9 Å². The van der Waals surface area contributed by atoms with Crippen molar-refractivity contribution >= 4 is 49.1 Å². The monoisotopic (exact) mass is 479 g/mol. The van der Waals surface area contributed by atoms with E-state index in [9.17, 15) is 18.0 Å². The Bertz CT molecular complexity index is 1280.